The lowest BCUT2D eigenvalue weighted by Crippen LogP contribution is -2.32. The van der Waals surface area contributed by atoms with Gasteiger partial charge in [-0.2, -0.15) is 0 Å². The number of benzene rings is 1. The summed E-state index contributed by atoms with van der Waals surface area (Å²) in [5.74, 6) is 0. The van der Waals surface area contributed by atoms with Crippen LogP contribution in [0.1, 0.15) is 30.0 Å². The number of fused-ring (bicyclic) bond motifs is 2. The predicted octanol–water partition coefficient (Wildman–Crippen LogP) is 3.13. The number of hydrogen-bond donors (Lipinski definition) is 0. The van der Waals surface area contributed by atoms with E-state index in [-0.39, 0.29) is 5.63 Å². The van der Waals surface area contributed by atoms with Crippen LogP contribution in [0.15, 0.2) is 27.4 Å². The van der Waals surface area contributed by atoms with Crippen molar-refractivity contribution in [3.8, 4) is 0 Å². The molecule has 0 N–H and O–H groups in total. The van der Waals surface area contributed by atoms with E-state index < -0.39 is 0 Å². The molecule has 0 aliphatic carbocycles. The van der Waals surface area contributed by atoms with Crippen LogP contribution < -0.4 is 10.5 Å². The van der Waals surface area contributed by atoms with Gasteiger partial charge in [-0.05, 0) is 36.5 Å². The highest BCUT2D eigenvalue weighted by molar-refractivity contribution is 5.94. The van der Waals surface area contributed by atoms with Crippen LogP contribution in [0.4, 0.5) is 5.69 Å². The van der Waals surface area contributed by atoms with Crippen molar-refractivity contribution in [1.29, 1.82) is 0 Å². The molecule has 20 heavy (non-hydrogen) atoms. The van der Waals surface area contributed by atoms with E-state index in [1.165, 1.54) is 16.8 Å². The Morgan fingerprint density at radius 1 is 1.35 bits per heavy atom. The van der Waals surface area contributed by atoms with Crippen molar-refractivity contribution in [3.05, 3.63) is 45.3 Å². The second-order valence-electron chi connectivity index (χ2n) is 5.57. The van der Waals surface area contributed by atoms with E-state index in [0.717, 1.165) is 48.9 Å². The SMILES string of the molecule is CCc1cc(=O)oc2c3c4c(cc12)C=CCN4CCC3. The summed E-state index contributed by atoms with van der Waals surface area (Å²) < 4.78 is 5.57. The molecule has 0 saturated heterocycles. The molecule has 2 aliphatic rings. The number of hydrogen-bond acceptors (Lipinski definition) is 3. The van der Waals surface area contributed by atoms with Crippen LogP contribution in [0.2, 0.25) is 0 Å². The van der Waals surface area contributed by atoms with Gasteiger partial charge in [-0.3, -0.25) is 0 Å². The van der Waals surface area contributed by atoms with Crippen molar-refractivity contribution in [3.63, 3.8) is 0 Å². The molecule has 1 aromatic carbocycles. The summed E-state index contributed by atoms with van der Waals surface area (Å²) in [6.45, 7) is 4.14. The Balaban J connectivity index is 2.16. The zero-order valence-corrected chi connectivity index (χ0v) is 11.6. The van der Waals surface area contributed by atoms with Crippen molar-refractivity contribution in [2.45, 2.75) is 26.2 Å². The molecule has 0 atom stereocenters. The maximum absolute atomic E-state index is 11.8. The normalized spacial score (nSPS) is 16.6. The Morgan fingerprint density at radius 2 is 2.25 bits per heavy atom. The minimum absolute atomic E-state index is 0.228. The molecule has 3 heteroatoms. The first-order chi connectivity index (χ1) is 9.78. The standard InChI is InChI=1S/C17H17NO2/c1-2-11-10-15(19)20-17-13-6-4-8-18-7-3-5-12(16(13)18)9-14(11)17/h3,5,9-10H,2,4,6-8H2,1H3. The van der Waals surface area contributed by atoms with Crippen LogP contribution in [0.3, 0.4) is 0 Å². The fraction of sp³-hybridized carbons (Fsp3) is 0.353. The monoisotopic (exact) mass is 267 g/mol. The molecule has 0 unspecified atom stereocenters. The number of aryl methyl sites for hydroxylation is 2. The second kappa shape index (κ2) is 4.23. The first kappa shape index (κ1) is 11.8. The maximum atomic E-state index is 11.8. The minimum Gasteiger partial charge on any atom is -0.422 e. The number of rotatable bonds is 1. The Labute approximate surface area is 117 Å². The van der Waals surface area contributed by atoms with Crippen LogP contribution in [0, 0.1) is 0 Å². The molecular formula is C17H17NO2. The van der Waals surface area contributed by atoms with Crippen LogP contribution in [0.25, 0.3) is 17.0 Å². The third kappa shape index (κ3) is 1.56. The second-order valence-corrected chi connectivity index (χ2v) is 5.57. The lowest BCUT2D eigenvalue weighted by Gasteiger charge is -2.34. The smallest absolute Gasteiger partial charge is 0.336 e. The topological polar surface area (TPSA) is 33.5 Å². The zero-order chi connectivity index (χ0) is 13.7. The first-order valence-corrected chi connectivity index (χ1v) is 7.32. The fourth-order valence-electron chi connectivity index (χ4n) is 3.51. The molecule has 0 amide bonds. The third-order valence-corrected chi connectivity index (χ3v) is 4.39. The lowest BCUT2D eigenvalue weighted by atomic mass is 9.91. The van der Waals surface area contributed by atoms with E-state index in [9.17, 15) is 4.79 Å². The molecular weight excluding hydrogens is 250 g/mol. The molecule has 2 aromatic rings. The Morgan fingerprint density at radius 3 is 3.10 bits per heavy atom. The maximum Gasteiger partial charge on any atom is 0.336 e. The van der Waals surface area contributed by atoms with Crippen LogP contribution in [-0.2, 0) is 12.8 Å². The van der Waals surface area contributed by atoms with Gasteiger partial charge in [0.15, 0.2) is 0 Å². The van der Waals surface area contributed by atoms with Gasteiger partial charge in [0.1, 0.15) is 5.58 Å². The van der Waals surface area contributed by atoms with E-state index in [4.69, 9.17) is 4.42 Å². The highest BCUT2D eigenvalue weighted by Gasteiger charge is 2.25. The average molecular weight is 267 g/mol. The third-order valence-electron chi connectivity index (χ3n) is 4.39. The summed E-state index contributed by atoms with van der Waals surface area (Å²) >= 11 is 0. The summed E-state index contributed by atoms with van der Waals surface area (Å²) in [5, 5.41) is 1.11. The van der Waals surface area contributed by atoms with Gasteiger partial charge in [0.05, 0.1) is 5.69 Å². The van der Waals surface area contributed by atoms with Crippen molar-refractivity contribution in [1.82, 2.24) is 0 Å². The molecule has 0 bridgehead atoms. The highest BCUT2D eigenvalue weighted by atomic mass is 16.4. The molecule has 0 spiro atoms. The zero-order valence-electron chi connectivity index (χ0n) is 11.6. The van der Waals surface area contributed by atoms with E-state index in [1.54, 1.807) is 6.07 Å². The highest BCUT2D eigenvalue weighted by Crippen LogP contribution is 2.39. The largest absolute Gasteiger partial charge is 0.422 e. The van der Waals surface area contributed by atoms with Gasteiger partial charge in [0.2, 0.25) is 0 Å². The van der Waals surface area contributed by atoms with Gasteiger partial charge in [0.25, 0.3) is 0 Å². The average Bonchev–Trinajstić information content (AvgIpc) is 2.48. The molecule has 2 aliphatic heterocycles. The Hall–Kier alpha value is -2.03. The number of nitrogens with zero attached hydrogens (tertiary/aromatic N) is 1. The van der Waals surface area contributed by atoms with Gasteiger partial charge < -0.3 is 9.32 Å². The molecule has 3 heterocycles. The van der Waals surface area contributed by atoms with Crippen molar-refractivity contribution in [2.75, 3.05) is 18.0 Å². The molecule has 4 rings (SSSR count). The predicted molar refractivity (Wildman–Crippen MR) is 81.4 cm³/mol. The summed E-state index contributed by atoms with van der Waals surface area (Å²) in [5.41, 5.74) is 5.44. The van der Waals surface area contributed by atoms with Crippen molar-refractivity contribution in [2.24, 2.45) is 0 Å². The van der Waals surface area contributed by atoms with Gasteiger partial charge in [-0.1, -0.05) is 19.1 Å². The fourth-order valence-corrected chi connectivity index (χ4v) is 3.51. The first-order valence-electron chi connectivity index (χ1n) is 7.32. The van der Waals surface area contributed by atoms with Gasteiger partial charge >= 0.3 is 5.63 Å². The van der Waals surface area contributed by atoms with Crippen LogP contribution >= 0.6 is 0 Å². The minimum atomic E-state index is -0.228. The molecule has 0 saturated carbocycles. The van der Waals surface area contributed by atoms with Gasteiger partial charge in [-0.25, -0.2) is 4.79 Å². The molecule has 3 nitrogen and oxygen atoms in total. The van der Waals surface area contributed by atoms with Crippen molar-refractivity contribution < 1.29 is 4.42 Å². The van der Waals surface area contributed by atoms with Gasteiger partial charge in [0, 0.05) is 30.1 Å². The summed E-state index contributed by atoms with van der Waals surface area (Å²) in [6, 6.07) is 3.82. The lowest BCUT2D eigenvalue weighted by molar-refractivity contribution is 0.551. The van der Waals surface area contributed by atoms with E-state index in [1.807, 2.05) is 0 Å². The van der Waals surface area contributed by atoms with E-state index >= 15 is 0 Å². The Bertz CT molecular complexity index is 786. The van der Waals surface area contributed by atoms with Crippen LogP contribution in [-0.4, -0.2) is 13.1 Å². The van der Waals surface area contributed by atoms with Crippen molar-refractivity contribution >= 4 is 22.7 Å². The van der Waals surface area contributed by atoms with E-state index in [2.05, 4.69) is 30.0 Å². The molecule has 0 radical (unpaired) electrons. The summed E-state index contributed by atoms with van der Waals surface area (Å²) in [7, 11) is 0. The number of anilines is 1. The quantitative estimate of drug-likeness (QED) is 0.744. The molecule has 102 valence electrons. The van der Waals surface area contributed by atoms with Crippen LogP contribution in [0.5, 0.6) is 0 Å². The Kier molecular flexibility index (Phi) is 2.49. The van der Waals surface area contributed by atoms with Gasteiger partial charge in [-0.15, -0.1) is 0 Å². The van der Waals surface area contributed by atoms with E-state index in [0.29, 0.717) is 0 Å². The molecule has 0 fully saturated rings. The molecule has 1 aromatic heterocycles. The summed E-state index contributed by atoms with van der Waals surface area (Å²) in [6.07, 6.45) is 7.39. The summed E-state index contributed by atoms with van der Waals surface area (Å²) in [4.78, 5) is 14.2.